The zero-order chi connectivity index (χ0) is 20.6. The highest BCUT2D eigenvalue weighted by atomic mass is 32.2. The standard InChI is InChI=1S/C21H20N4O3S/c1-13-8-10-14(11-9-13)18-23-24-20(28-18)29-12-17(26)25-16-7-5-4-6-15(16)22-19(27)21(25,2)3/h4-11H,12H2,1-3H3,(H,22,27). The van der Waals surface area contributed by atoms with Crippen LogP contribution in [0.3, 0.4) is 0 Å². The van der Waals surface area contributed by atoms with Gasteiger partial charge in [-0.05, 0) is 45.0 Å². The smallest absolute Gasteiger partial charge is 0.277 e. The average Bonchev–Trinajstić information content (AvgIpc) is 3.16. The minimum absolute atomic E-state index is 0.0700. The SMILES string of the molecule is Cc1ccc(-c2nnc(SCC(=O)N3c4ccccc4NC(=O)C3(C)C)o2)cc1. The van der Waals surface area contributed by atoms with Crippen molar-refractivity contribution in [1.29, 1.82) is 0 Å². The van der Waals surface area contributed by atoms with Gasteiger partial charge < -0.3 is 9.73 Å². The van der Waals surface area contributed by atoms with E-state index in [-0.39, 0.29) is 17.6 Å². The van der Waals surface area contributed by atoms with Crippen LogP contribution in [0.2, 0.25) is 0 Å². The summed E-state index contributed by atoms with van der Waals surface area (Å²) in [6.07, 6.45) is 0. The van der Waals surface area contributed by atoms with Crippen LogP contribution in [-0.4, -0.2) is 33.3 Å². The topological polar surface area (TPSA) is 88.3 Å². The lowest BCUT2D eigenvalue weighted by atomic mass is 9.96. The van der Waals surface area contributed by atoms with Crippen molar-refractivity contribution >= 4 is 35.0 Å². The van der Waals surface area contributed by atoms with Gasteiger partial charge in [-0.1, -0.05) is 41.6 Å². The number of thioether (sulfide) groups is 1. The van der Waals surface area contributed by atoms with Gasteiger partial charge in [0.15, 0.2) is 0 Å². The molecule has 2 amide bonds. The lowest BCUT2D eigenvalue weighted by Gasteiger charge is -2.42. The third kappa shape index (κ3) is 3.63. The van der Waals surface area contributed by atoms with Crippen molar-refractivity contribution in [1.82, 2.24) is 10.2 Å². The van der Waals surface area contributed by atoms with Gasteiger partial charge >= 0.3 is 0 Å². The van der Waals surface area contributed by atoms with E-state index >= 15 is 0 Å². The van der Waals surface area contributed by atoms with Crippen LogP contribution in [-0.2, 0) is 9.59 Å². The van der Waals surface area contributed by atoms with Crippen LogP contribution < -0.4 is 10.2 Å². The molecule has 0 fully saturated rings. The van der Waals surface area contributed by atoms with Gasteiger partial charge in [-0.15, -0.1) is 10.2 Å². The van der Waals surface area contributed by atoms with Gasteiger partial charge in [0.25, 0.3) is 5.22 Å². The fourth-order valence-corrected chi connectivity index (χ4v) is 3.78. The fourth-order valence-electron chi connectivity index (χ4n) is 3.17. The molecule has 0 radical (unpaired) electrons. The molecule has 0 aliphatic carbocycles. The maximum Gasteiger partial charge on any atom is 0.277 e. The number of anilines is 2. The molecule has 0 saturated carbocycles. The van der Waals surface area contributed by atoms with E-state index < -0.39 is 5.54 Å². The number of carbonyl (C=O) groups is 2. The number of hydrogen-bond donors (Lipinski definition) is 1. The average molecular weight is 408 g/mol. The van der Waals surface area contributed by atoms with E-state index in [9.17, 15) is 9.59 Å². The highest BCUT2D eigenvalue weighted by Crippen LogP contribution is 2.37. The highest BCUT2D eigenvalue weighted by molar-refractivity contribution is 7.99. The number of rotatable bonds is 4. The Labute approximate surface area is 172 Å². The largest absolute Gasteiger partial charge is 0.411 e. The first-order valence-electron chi connectivity index (χ1n) is 9.13. The molecule has 1 aliphatic heterocycles. The molecular formula is C21H20N4O3S. The van der Waals surface area contributed by atoms with Crippen molar-refractivity contribution in [2.75, 3.05) is 16.0 Å². The molecule has 7 nitrogen and oxygen atoms in total. The molecule has 148 valence electrons. The maximum atomic E-state index is 13.0. The van der Waals surface area contributed by atoms with Crippen LogP contribution >= 0.6 is 11.8 Å². The number of aromatic nitrogens is 2. The van der Waals surface area contributed by atoms with Crippen LogP contribution in [0.1, 0.15) is 19.4 Å². The van der Waals surface area contributed by atoms with E-state index in [0.29, 0.717) is 22.5 Å². The molecular weight excluding hydrogens is 388 g/mol. The summed E-state index contributed by atoms with van der Waals surface area (Å²) in [6.45, 7) is 5.46. The van der Waals surface area contributed by atoms with E-state index in [1.54, 1.807) is 19.9 Å². The Kier molecular flexibility index (Phi) is 4.87. The summed E-state index contributed by atoms with van der Waals surface area (Å²) in [7, 11) is 0. The predicted octanol–water partition coefficient (Wildman–Crippen LogP) is 3.90. The van der Waals surface area contributed by atoms with Crippen LogP contribution in [0.5, 0.6) is 0 Å². The molecule has 1 aliphatic rings. The second-order valence-electron chi connectivity index (χ2n) is 7.29. The summed E-state index contributed by atoms with van der Waals surface area (Å²) in [4.78, 5) is 27.1. The van der Waals surface area contributed by atoms with Gasteiger partial charge in [0.05, 0.1) is 17.1 Å². The molecule has 0 saturated heterocycles. The van der Waals surface area contributed by atoms with Gasteiger partial charge in [-0.3, -0.25) is 14.5 Å². The zero-order valence-corrected chi connectivity index (χ0v) is 17.1. The summed E-state index contributed by atoms with van der Waals surface area (Å²) in [5.41, 5.74) is 2.25. The Morgan fingerprint density at radius 2 is 1.86 bits per heavy atom. The van der Waals surface area contributed by atoms with Crippen molar-refractivity contribution < 1.29 is 14.0 Å². The summed E-state index contributed by atoms with van der Waals surface area (Å²) in [5, 5.41) is 11.2. The molecule has 8 heteroatoms. The maximum absolute atomic E-state index is 13.0. The predicted molar refractivity (Wildman–Crippen MR) is 112 cm³/mol. The molecule has 2 aromatic carbocycles. The number of fused-ring (bicyclic) bond motifs is 1. The summed E-state index contributed by atoms with van der Waals surface area (Å²) >= 11 is 1.15. The normalized spacial score (nSPS) is 15.0. The molecule has 1 aromatic heterocycles. The number of benzene rings is 2. The first kappa shape index (κ1) is 19.2. The lowest BCUT2D eigenvalue weighted by Crippen LogP contribution is -2.58. The Balaban J connectivity index is 1.51. The fraction of sp³-hybridized carbons (Fsp3) is 0.238. The third-order valence-corrected chi connectivity index (χ3v) is 5.58. The number of aryl methyl sites for hydroxylation is 1. The molecule has 3 aromatic rings. The monoisotopic (exact) mass is 408 g/mol. The Morgan fingerprint density at radius 3 is 2.62 bits per heavy atom. The number of para-hydroxylation sites is 2. The number of amides is 2. The summed E-state index contributed by atoms with van der Waals surface area (Å²) in [6, 6.07) is 15.0. The minimum atomic E-state index is -1.01. The molecule has 2 heterocycles. The van der Waals surface area contributed by atoms with Crippen molar-refractivity contribution in [3.05, 3.63) is 54.1 Å². The van der Waals surface area contributed by atoms with Gasteiger partial charge in [-0.25, -0.2) is 0 Å². The van der Waals surface area contributed by atoms with Crippen molar-refractivity contribution in [3.63, 3.8) is 0 Å². The molecule has 1 N–H and O–H groups in total. The first-order chi connectivity index (χ1) is 13.9. The van der Waals surface area contributed by atoms with E-state index in [4.69, 9.17) is 4.42 Å². The van der Waals surface area contributed by atoms with Gasteiger partial charge in [0, 0.05) is 5.56 Å². The van der Waals surface area contributed by atoms with E-state index in [1.807, 2.05) is 49.4 Å². The van der Waals surface area contributed by atoms with Gasteiger partial charge in [0.1, 0.15) is 5.54 Å². The second-order valence-corrected chi connectivity index (χ2v) is 8.21. The van der Waals surface area contributed by atoms with Gasteiger partial charge in [-0.2, -0.15) is 0 Å². The van der Waals surface area contributed by atoms with Crippen LogP contribution in [0.15, 0.2) is 58.2 Å². The lowest BCUT2D eigenvalue weighted by molar-refractivity contribution is -0.125. The van der Waals surface area contributed by atoms with Crippen molar-refractivity contribution in [2.45, 2.75) is 31.5 Å². The second kappa shape index (κ2) is 7.36. The Morgan fingerprint density at radius 1 is 1.14 bits per heavy atom. The van der Waals surface area contributed by atoms with E-state index in [1.165, 1.54) is 4.90 Å². The number of carbonyl (C=O) groups excluding carboxylic acids is 2. The van der Waals surface area contributed by atoms with E-state index in [0.717, 1.165) is 22.9 Å². The van der Waals surface area contributed by atoms with E-state index in [2.05, 4.69) is 15.5 Å². The Bertz CT molecular complexity index is 1080. The first-order valence-corrected chi connectivity index (χ1v) is 10.1. The quantitative estimate of drug-likeness (QED) is 0.659. The minimum Gasteiger partial charge on any atom is -0.411 e. The number of hydrogen-bond acceptors (Lipinski definition) is 6. The van der Waals surface area contributed by atoms with Crippen molar-refractivity contribution in [3.8, 4) is 11.5 Å². The molecule has 0 bridgehead atoms. The molecule has 0 atom stereocenters. The molecule has 4 rings (SSSR count). The zero-order valence-electron chi connectivity index (χ0n) is 16.3. The molecule has 0 unspecified atom stereocenters. The van der Waals surface area contributed by atoms with Crippen LogP contribution in [0.25, 0.3) is 11.5 Å². The van der Waals surface area contributed by atoms with Crippen molar-refractivity contribution in [2.24, 2.45) is 0 Å². The molecule has 29 heavy (non-hydrogen) atoms. The Hall–Kier alpha value is -3.13. The highest BCUT2D eigenvalue weighted by Gasteiger charge is 2.43. The van der Waals surface area contributed by atoms with Crippen LogP contribution in [0.4, 0.5) is 11.4 Å². The number of nitrogens with zero attached hydrogens (tertiary/aromatic N) is 3. The van der Waals surface area contributed by atoms with Gasteiger partial charge in [0.2, 0.25) is 17.7 Å². The number of nitrogens with one attached hydrogen (secondary N) is 1. The third-order valence-electron chi connectivity index (χ3n) is 4.78. The van der Waals surface area contributed by atoms with Crippen LogP contribution in [0, 0.1) is 6.92 Å². The summed E-state index contributed by atoms with van der Waals surface area (Å²) in [5.74, 6) is 0.0370. The molecule has 0 spiro atoms. The summed E-state index contributed by atoms with van der Waals surface area (Å²) < 4.78 is 5.68.